The third-order valence-electron chi connectivity index (χ3n) is 1.69. The van der Waals surface area contributed by atoms with E-state index in [1.807, 2.05) is 0 Å². The molecule has 0 atom stereocenters. The van der Waals surface area contributed by atoms with Crippen LogP contribution in [0.1, 0.15) is 5.56 Å². The highest BCUT2D eigenvalue weighted by atomic mass is 35.5. The molecule has 1 rings (SSSR count). The molecule has 1 aromatic carbocycles. The molecule has 0 aliphatic rings. The predicted molar refractivity (Wildman–Crippen MR) is 53.1 cm³/mol. The molecule has 2 nitrogen and oxygen atoms in total. The van der Waals surface area contributed by atoms with Crippen molar-refractivity contribution in [2.75, 3.05) is 0 Å². The van der Waals surface area contributed by atoms with Crippen molar-refractivity contribution in [3.8, 4) is 0 Å². The number of hydrogen-bond donors (Lipinski definition) is 1. The van der Waals surface area contributed by atoms with Gasteiger partial charge in [-0.05, 0) is 24.3 Å². The molecule has 0 bridgehead atoms. The molecule has 1 N–H and O–H groups in total. The fraction of sp³-hybridized carbons (Fsp3) is 0.100. The summed E-state index contributed by atoms with van der Waals surface area (Å²) in [6.07, 6.45) is -4.86. The van der Waals surface area contributed by atoms with Crippen LogP contribution in [0.4, 0.5) is 13.2 Å². The third kappa shape index (κ3) is 3.27. The number of halogens is 4. The number of aliphatic hydroxyl groups is 1. The van der Waals surface area contributed by atoms with Crippen molar-refractivity contribution < 1.29 is 23.1 Å². The molecule has 0 radical (unpaired) electrons. The van der Waals surface area contributed by atoms with Crippen LogP contribution in [-0.4, -0.2) is 17.1 Å². The van der Waals surface area contributed by atoms with Crippen LogP contribution in [0.2, 0.25) is 5.02 Å². The van der Waals surface area contributed by atoms with Crippen LogP contribution < -0.4 is 0 Å². The first-order valence-corrected chi connectivity index (χ1v) is 4.46. The highest BCUT2D eigenvalue weighted by Crippen LogP contribution is 2.20. The number of carbonyl (C=O) groups is 1. The van der Waals surface area contributed by atoms with E-state index in [2.05, 4.69) is 0 Å². The van der Waals surface area contributed by atoms with Gasteiger partial charge in [-0.15, -0.1) is 0 Å². The Morgan fingerprint density at radius 3 is 2.19 bits per heavy atom. The van der Waals surface area contributed by atoms with Gasteiger partial charge in [0.1, 0.15) is 5.76 Å². The van der Waals surface area contributed by atoms with Crippen LogP contribution >= 0.6 is 11.6 Å². The summed E-state index contributed by atoms with van der Waals surface area (Å²) in [6.45, 7) is 0. The Kier molecular flexibility index (Phi) is 3.59. The van der Waals surface area contributed by atoms with E-state index < -0.39 is 17.7 Å². The summed E-state index contributed by atoms with van der Waals surface area (Å²) in [5.74, 6) is -2.86. The standard InChI is InChI=1S/C10H6ClF3O2/c11-7-3-1-6(2-4-7)8(15)5-9(16)10(12,13)14/h1-5,15H/b8-5+. The average molecular weight is 251 g/mol. The van der Waals surface area contributed by atoms with Crippen LogP contribution in [0, 0.1) is 0 Å². The molecular formula is C10H6ClF3O2. The van der Waals surface area contributed by atoms with E-state index in [-0.39, 0.29) is 11.6 Å². The van der Waals surface area contributed by atoms with Gasteiger partial charge in [0, 0.05) is 16.7 Å². The Morgan fingerprint density at radius 1 is 1.25 bits per heavy atom. The number of allylic oxidation sites excluding steroid dienone is 1. The molecule has 0 aromatic heterocycles. The lowest BCUT2D eigenvalue weighted by Gasteiger charge is -2.02. The maximum absolute atomic E-state index is 11.9. The maximum Gasteiger partial charge on any atom is 0.454 e. The van der Waals surface area contributed by atoms with Crippen molar-refractivity contribution in [2.45, 2.75) is 6.18 Å². The highest BCUT2D eigenvalue weighted by Gasteiger charge is 2.36. The summed E-state index contributed by atoms with van der Waals surface area (Å²) in [7, 11) is 0. The molecule has 0 fully saturated rings. The summed E-state index contributed by atoms with van der Waals surface area (Å²) < 4.78 is 35.6. The largest absolute Gasteiger partial charge is 0.507 e. The highest BCUT2D eigenvalue weighted by molar-refractivity contribution is 6.30. The van der Waals surface area contributed by atoms with Crippen molar-refractivity contribution in [3.05, 3.63) is 40.9 Å². The summed E-state index contributed by atoms with van der Waals surface area (Å²) in [6, 6.07) is 5.38. The molecule has 0 saturated heterocycles. The van der Waals surface area contributed by atoms with E-state index in [0.29, 0.717) is 5.02 Å². The molecule has 0 saturated carbocycles. The third-order valence-corrected chi connectivity index (χ3v) is 1.94. The van der Waals surface area contributed by atoms with Gasteiger partial charge in [0.05, 0.1) is 0 Å². The minimum atomic E-state index is -4.99. The van der Waals surface area contributed by atoms with Crippen molar-refractivity contribution >= 4 is 23.1 Å². The number of alkyl halides is 3. The van der Waals surface area contributed by atoms with Gasteiger partial charge in [-0.1, -0.05) is 11.6 Å². The van der Waals surface area contributed by atoms with Crippen LogP contribution in [0.15, 0.2) is 30.3 Å². The van der Waals surface area contributed by atoms with Crippen molar-refractivity contribution in [2.24, 2.45) is 0 Å². The number of rotatable bonds is 2. The zero-order chi connectivity index (χ0) is 12.3. The Bertz CT molecular complexity index is 421. The second kappa shape index (κ2) is 4.57. The van der Waals surface area contributed by atoms with Crippen LogP contribution in [0.5, 0.6) is 0 Å². The molecule has 86 valence electrons. The summed E-state index contributed by atoms with van der Waals surface area (Å²) in [4.78, 5) is 10.5. The summed E-state index contributed by atoms with van der Waals surface area (Å²) >= 11 is 5.55. The fourth-order valence-electron chi connectivity index (χ4n) is 0.910. The Labute approximate surface area is 94.0 Å². The van der Waals surface area contributed by atoms with E-state index in [0.717, 1.165) is 0 Å². The van der Waals surface area contributed by atoms with Crippen LogP contribution in [0.3, 0.4) is 0 Å². The Balaban J connectivity index is 2.94. The molecule has 16 heavy (non-hydrogen) atoms. The monoisotopic (exact) mass is 250 g/mol. The molecule has 0 amide bonds. The Morgan fingerprint density at radius 2 is 1.75 bits per heavy atom. The molecule has 1 aromatic rings. The molecule has 6 heteroatoms. The number of hydrogen-bond acceptors (Lipinski definition) is 2. The van der Waals surface area contributed by atoms with Crippen molar-refractivity contribution in [1.82, 2.24) is 0 Å². The van der Waals surface area contributed by atoms with E-state index in [1.165, 1.54) is 24.3 Å². The van der Waals surface area contributed by atoms with Gasteiger partial charge in [0.2, 0.25) is 0 Å². The zero-order valence-corrected chi connectivity index (χ0v) is 8.51. The number of aliphatic hydroxyl groups excluding tert-OH is 1. The average Bonchev–Trinajstić information content (AvgIpc) is 2.17. The lowest BCUT2D eigenvalue weighted by molar-refractivity contribution is -0.165. The number of benzene rings is 1. The molecule has 0 aliphatic carbocycles. The Hall–Kier alpha value is -1.49. The number of ketones is 1. The second-order valence-electron chi connectivity index (χ2n) is 2.90. The minimum absolute atomic E-state index is 0.0852. The van der Waals surface area contributed by atoms with Gasteiger partial charge < -0.3 is 5.11 Å². The minimum Gasteiger partial charge on any atom is -0.507 e. The smallest absolute Gasteiger partial charge is 0.454 e. The van der Waals surface area contributed by atoms with Crippen LogP contribution in [0.25, 0.3) is 5.76 Å². The molecule has 0 aliphatic heterocycles. The fourth-order valence-corrected chi connectivity index (χ4v) is 1.04. The lowest BCUT2D eigenvalue weighted by Crippen LogP contribution is -2.20. The first kappa shape index (κ1) is 12.6. The summed E-state index contributed by atoms with van der Waals surface area (Å²) in [5, 5.41) is 9.62. The van der Waals surface area contributed by atoms with E-state index in [4.69, 9.17) is 11.6 Å². The van der Waals surface area contributed by atoms with E-state index >= 15 is 0 Å². The molecule has 0 unspecified atom stereocenters. The second-order valence-corrected chi connectivity index (χ2v) is 3.33. The van der Waals surface area contributed by atoms with Gasteiger partial charge in [0.25, 0.3) is 5.78 Å². The normalized spacial score (nSPS) is 12.6. The predicted octanol–water partition coefficient (Wildman–Crippen LogP) is 3.37. The first-order chi connectivity index (χ1) is 7.30. The summed E-state index contributed by atoms with van der Waals surface area (Å²) in [5.41, 5.74) is 0.0852. The first-order valence-electron chi connectivity index (χ1n) is 4.08. The van der Waals surface area contributed by atoms with Gasteiger partial charge >= 0.3 is 6.18 Å². The molecule has 0 heterocycles. The maximum atomic E-state index is 11.9. The van der Waals surface area contributed by atoms with Crippen LogP contribution in [-0.2, 0) is 4.79 Å². The quantitative estimate of drug-likeness (QED) is 0.645. The molecule has 0 spiro atoms. The van der Waals surface area contributed by atoms with Crippen molar-refractivity contribution in [1.29, 1.82) is 0 Å². The topological polar surface area (TPSA) is 37.3 Å². The van der Waals surface area contributed by atoms with Gasteiger partial charge in [-0.3, -0.25) is 4.79 Å². The number of carbonyl (C=O) groups excluding carboxylic acids is 1. The van der Waals surface area contributed by atoms with Crippen molar-refractivity contribution in [3.63, 3.8) is 0 Å². The van der Waals surface area contributed by atoms with Gasteiger partial charge in [0.15, 0.2) is 0 Å². The molecular weight excluding hydrogens is 245 g/mol. The van der Waals surface area contributed by atoms with Gasteiger partial charge in [-0.2, -0.15) is 13.2 Å². The SMILES string of the molecule is O=C(/C=C(/O)c1ccc(Cl)cc1)C(F)(F)F. The van der Waals surface area contributed by atoms with E-state index in [1.54, 1.807) is 0 Å². The zero-order valence-electron chi connectivity index (χ0n) is 7.75. The van der Waals surface area contributed by atoms with E-state index in [9.17, 15) is 23.1 Å². The lowest BCUT2D eigenvalue weighted by atomic mass is 10.1. The van der Waals surface area contributed by atoms with Gasteiger partial charge in [-0.25, -0.2) is 0 Å².